The maximum Gasteiger partial charge on any atom is 0.338 e. The SMILES string of the molecule is COC(=O)C1=C(C)N=c2s/c(=C/c3ccc(-c4cccc(Cl)c4)o3)c(=O)n2[C@H]1c1cccs1. The first-order chi connectivity index (χ1) is 16.0. The van der Waals surface area contributed by atoms with E-state index in [1.165, 1.54) is 29.8 Å². The number of methoxy groups -OCH3 is 1. The molecule has 0 fully saturated rings. The van der Waals surface area contributed by atoms with Gasteiger partial charge in [0.25, 0.3) is 5.56 Å². The van der Waals surface area contributed by atoms with E-state index < -0.39 is 12.0 Å². The summed E-state index contributed by atoms with van der Waals surface area (Å²) >= 11 is 8.81. The van der Waals surface area contributed by atoms with Gasteiger partial charge in [-0.1, -0.05) is 41.1 Å². The van der Waals surface area contributed by atoms with Crippen molar-refractivity contribution in [3.05, 3.63) is 101 Å². The van der Waals surface area contributed by atoms with Crippen LogP contribution in [0.2, 0.25) is 5.02 Å². The molecule has 33 heavy (non-hydrogen) atoms. The molecule has 3 aromatic heterocycles. The Morgan fingerprint density at radius 3 is 2.82 bits per heavy atom. The van der Waals surface area contributed by atoms with Gasteiger partial charge in [-0.3, -0.25) is 9.36 Å². The summed E-state index contributed by atoms with van der Waals surface area (Å²) in [5, 5.41) is 2.53. The van der Waals surface area contributed by atoms with Crippen LogP contribution in [-0.4, -0.2) is 17.6 Å². The van der Waals surface area contributed by atoms with Crippen molar-refractivity contribution in [3.63, 3.8) is 0 Å². The number of halogens is 1. The van der Waals surface area contributed by atoms with E-state index in [0.717, 1.165) is 10.4 Å². The minimum atomic E-state index is -0.588. The highest BCUT2D eigenvalue weighted by atomic mass is 35.5. The fourth-order valence-corrected chi connectivity index (χ4v) is 5.81. The van der Waals surface area contributed by atoms with E-state index in [9.17, 15) is 9.59 Å². The summed E-state index contributed by atoms with van der Waals surface area (Å²) in [7, 11) is 1.33. The Kier molecular flexibility index (Phi) is 5.65. The highest BCUT2D eigenvalue weighted by molar-refractivity contribution is 7.10. The Bertz CT molecular complexity index is 1570. The fraction of sp³-hybridized carbons (Fsp3) is 0.125. The zero-order chi connectivity index (χ0) is 23.1. The van der Waals surface area contributed by atoms with E-state index in [0.29, 0.717) is 37.1 Å². The number of hydrogen-bond acceptors (Lipinski definition) is 7. The summed E-state index contributed by atoms with van der Waals surface area (Å²) < 4.78 is 13.0. The smallest absolute Gasteiger partial charge is 0.338 e. The standard InChI is InChI=1S/C24H17ClN2O4S2/c1-13-20(23(29)30-2)21(18-7-4-10-32-18)27-22(28)19(33-24(27)26-13)12-16-8-9-17(31-16)14-5-3-6-15(25)11-14/h3-12,21H,1-2H3/b19-12+/t21-/m0/s1. The van der Waals surface area contributed by atoms with Gasteiger partial charge in [-0.25, -0.2) is 9.79 Å². The summed E-state index contributed by atoms with van der Waals surface area (Å²) in [6.45, 7) is 1.76. The number of hydrogen-bond donors (Lipinski definition) is 0. The molecule has 0 bridgehead atoms. The average Bonchev–Trinajstić information content (AvgIpc) is 3.55. The molecule has 1 atom stereocenters. The lowest BCUT2D eigenvalue weighted by atomic mass is 10.0. The van der Waals surface area contributed by atoms with Gasteiger partial charge in [-0.15, -0.1) is 11.3 Å². The van der Waals surface area contributed by atoms with Crippen molar-refractivity contribution in [2.24, 2.45) is 4.99 Å². The molecule has 9 heteroatoms. The second kappa shape index (κ2) is 8.62. The molecule has 0 aliphatic carbocycles. The first-order valence-electron chi connectivity index (χ1n) is 9.96. The van der Waals surface area contributed by atoms with E-state index in [4.69, 9.17) is 20.8 Å². The van der Waals surface area contributed by atoms with Crippen LogP contribution in [0.25, 0.3) is 17.4 Å². The number of ether oxygens (including phenoxy) is 1. The van der Waals surface area contributed by atoms with Gasteiger partial charge < -0.3 is 9.15 Å². The molecule has 0 radical (unpaired) electrons. The van der Waals surface area contributed by atoms with Gasteiger partial charge in [-0.05, 0) is 42.6 Å². The predicted octanol–water partition coefficient (Wildman–Crippen LogP) is 4.38. The van der Waals surface area contributed by atoms with Crippen LogP contribution in [0.1, 0.15) is 23.6 Å². The minimum absolute atomic E-state index is 0.244. The highest BCUT2D eigenvalue weighted by Crippen LogP contribution is 2.33. The van der Waals surface area contributed by atoms with Crippen molar-refractivity contribution in [3.8, 4) is 11.3 Å². The molecule has 1 aliphatic heterocycles. The molecule has 4 heterocycles. The number of fused-ring (bicyclic) bond motifs is 1. The number of carbonyl (C=O) groups is 1. The van der Waals surface area contributed by atoms with Crippen molar-refractivity contribution in [2.75, 3.05) is 7.11 Å². The lowest BCUT2D eigenvalue weighted by Gasteiger charge is -2.22. The molecule has 1 aromatic carbocycles. The number of allylic oxidation sites excluding steroid dienone is 1. The van der Waals surface area contributed by atoms with Crippen molar-refractivity contribution in [1.29, 1.82) is 0 Å². The molecule has 1 aliphatic rings. The number of rotatable bonds is 4. The molecule has 0 N–H and O–H groups in total. The van der Waals surface area contributed by atoms with Crippen LogP contribution >= 0.6 is 34.3 Å². The average molecular weight is 497 g/mol. The van der Waals surface area contributed by atoms with E-state index in [2.05, 4.69) is 4.99 Å². The largest absolute Gasteiger partial charge is 0.466 e. The number of nitrogens with zero attached hydrogens (tertiary/aromatic N) is 2. The zero-order valence-corrected chi connectivity index (χ0v) is 20.0. The maximum absolute atomic E-state index is 13.5. The van der Waals surface area contributed by atoms with Crippen LogP contribution in [0, 0.1) is 0 Å². The van der Waals surface area contributed by atoms with Crippen LogP contribution in [0.3, 0.4) is 0 Å². The monoisotopic (exact) mass is 496 g/mol. The Balaban J connectivity index is 1.63. The van der Waals surface area contributed by atoms with Crippen molar-refractivity contribution < 1.29 is 13.9 Å². The second-order valence-electron chi connectivity index (χ2n) is 7.30. The number of carbonyl (C=O) groups excluding carboxylic acids is 1. The fourth-order valence-electron chi connectivity index (χ4n) is 3.77. The van der Waals surface area contributed by atoms with Gasteiger partial charge in [-0.2, -0.15) is 0 Å². The molecule has 166 valence electrons. The Labute approximate surface area is 201 Å². The molecule has 4 aromatic rings. The van der Waals surface area contributed by atoms with Gasteiger partial charge >= 0.3 is 5.97 Å². The number of esters is 1. The van der Waals surface area contributed by atoms with Gasteiger partial charge in [0.2, 0.25) is 0 Å². The summed E-state index contributed by atoms with van der Waals surface area (Å²) in [5.74, 6) is 0.685. The van der Waals surface area contributed by atoms with Gasteiger partial charge in [0, 0.05) is 21.5 Å². The Morgan fingerprint density at radius 1 is 1.24 bits per heavy atom. The van der Waals surface area contributed by atoms with Crippen molar-refractivity contribution in [1.82, 2.24) is 4.57 Å². The topological polar surface area (TPSA) is 73.8 Å². The summed E-state index contributed by atoms with van der Waals surface area (Å²) in [5.41, 5.74) is 1.50. The summed E-state index contributed by atoms with van der Waals surface area (Å²) in [4.78, 5) is 32.0. The van der Waals surface area contributed by atoms with Gasteiger partial charge in [0.15, 0.2) is 4.80 Å². The van der Waals surface area contributed by atoms with E-state index >= 15 is 0 Å². The summed E-state index contributed by atoms with van der Waals surface area (Å²) in [6, 6.07) is 14.2. The molecule has 0 unspecified atom stereocenters. The molecular weight excluding hydrogens is 480 g/mol. The molecule has 0 saturated carbocycles. The van der Waals surface area contributed by atoms with Gasteiger partial charge in [0.1, 0.15) is 17.6 Å². The number of benzene rings is 1. The lowest BCUT2D eigenvalue weighted by Crippen LogP contribution is -2.39. The third kappa shape index (κ3) is 3.90. The first kappa shape index (κ1) is 21.6. The van der Waals surface area contributed by atoms with E-state index in [1.54, 1.807) is 29.7 Å². The van der Waals surface area contributed by atoms with Crippen molar-refractivity contribution >= 4 is 46.3 Å². The molecular formula is C24H17ClN2O4S2. The van der Waals surface area contributed by atoms with Crippen LogP contribution in [0.15, 0.2) is 79.4 Å². The second-order valence-corrected chi connectivity index (χ2v) is 9.73. The normalized spacial score (nSPS) is 16.0. The highest BCUT2D eigenvalue weighted by Gasteiger charge is 2.33. The van der Waals surface area contributed by atoms with E-state index in [1.807, 2.05) is 41.8 Å². The van der Waals surface area contributed by atoms with Crippen LogP contribution in [0.5, 0.6) is 0 Å². The van der Waals surface area contributed by atoms with Crippen LogP contribution in [-0.2, 0) is 9.53 Å². The van der Waals surface area contributed by atoms with Crippen LogP contribution in [0.4, 0.5) is 0 Å². The molecule has 0 spiro atoms. The lowest BCUT2D eigenvalue weighted by molar-refractivity contribution is -0.136. The number of thiophene rings is 1. The summed E-state index contributed by atoms with van der Waals surface area (Å²) in [6.07, 6.45) is 1.69. The van der Waals surface area contributed by atoms with E-state index in [-0.39, 0.29) is 5.56 Å². The third-order valence-corrected chi connectivity index (χ3v) is 7.39. The quantitative estimate of drug-likeness (QED) is 0.393. The molecule has 0 amide bonds. The molecule has 0 saturated heterocycles. The zero-order valence-electron chi connectivity index (χ0n) is 17.6. The molecule has 6 nitrogen and oxygen atoms in total. The first-order valence-corrected chi connectivity index (χ1v) is 12.0. The Morgan fingerprint density at radius 2 is 2.09 bits per heavy atom. The minimum Gasteiger partial charge on any atom is -0.466 e. The third-order valence-electron chi connectivity index (χ3n) is 5.25. The van der Waals surface area contributed by atoms with Crippen molar-refractivity contribution in [2.45, 2.75) is 13.0 Å². The maximum atomic E-state index is 13.5. The predicted molar refractivity (Wildman–Crippen MR) is 129 cm³/mol. The number of aromatic nitrogens is 1. The Hall–Kier alpha value is -3.20. The van der Waals surface area contributed by atoms with Gasteiger partial charge in [0.05, 0.1) is 22.9 Å². The molecule has 5 rings (SSSR count). The number of thiazole rings is 1. The van der Waals surface area contributed by atoms with Crippen LogP contribution < -0.4 is 14.9 Å². The number of furan rings is 1.